The zero-order chi connectivity index (χ0) is 20.3. The molecule has 3 aromatic rings. The number of nitrogens with one attached hydrogen (secondary N) is 1. The standard InChI is InChI=1S/C26H29FN2O/c1-30-21-4-2-3-18(11-21)26-9-10-29(15-17-5-6-17)16-19(26)12-22-23-13-20(27)7-8-24(23)28-25(22)14-26/h2-4,7-8,11,13,17,19,28H,5-6,9-10,12,14-16H2,1H3. The van der Waals surface area contributed by atoms with Crippen molar-refractivity contribution >= 4 is 10.9 Å². The van der Waals surface area contributed by atoms with Crippen LogP contribution in [0.4, 0.5) is 4.39 Å². The van der Waals surface area contributed by atoms with Gasteiger partial charge < -0.3 is 14.6 Å². The Balaban J connectivity index is 1.44. The molecule has 2 atom stereocenters. The molecule has 1 saturated carbocycles. The van der Waals surface area contributed by atoms with E-state index in [1.165, 1.54) is 42.6 Å². The van der Waals surface area contributed by atoms with E-state index in [0.29, 0.717) is 5.92 Å². The first-order chi connectivity index (χ1) is 14.6. The fourth-order valence-electron chi connectivity index (χ4n) is 6.10. The van der Waals surface area contributed by atoms with Gasteiger partial charge in [-0.15, -0.1) is 0 Å². The monoisotopic (exact) mass is 404 g/mol. The third-order valence-corrected chi connectivity index (χ3v) is 7.89. The number of piperidine rings is 1. The Hall–Kier alpha value is -2.33. The molecule has 3 nitrogen and oxygen atoms in total. The molecule has 0 radical (unpaired) electrons. The molecule has 4 heteroatoms. The maximum absolute atomic E-state index is 14.0. The molecule has 156 valence electrons. The number of aromatic nitrogens is 1. The zero-order valence-corrected chi connectivity index (χ0v) is 17.6. The van der Waals surface area contributed by atoms with Crippen LogP contribution in [0.1, 0.15) is 36.1 Å². The molecule has 2 heterocycles. The number of nitrogens with zero attached hydrogens (tertiary/aromatic N) is 1. The molecule has 1 saturated heterocycles. The second-order valence-corrected chi connectivity index (χ2v) is 9.69. The Bertz CT molecular complexity index is 1100. The van der Waals surface area contributed by atoms with Gasteiger partial charge in [-0.05, 0) is 91.9 Å². The van der Waals surface area contributed by atoms with Gasteiger partial charge in [-0.2, -0.15) is 0 Å². The third kappa shape index (κ3) is 2.96. The number of hydrogen-bond acceptors (Lipinski definition) is 2. The zero-order valence-electron chi connectivity index (χ0n) is 17.6. The summed E-state index contributed by atoms with van der Waals surface area (Å²) in [6.07, 6.45) is 5.97. The lowest BCUT2D eigenvalue weighted by Gasteiger charge is -2.51. The summed E-state index contributed by atoms with van der Waals surface area (Å²) in [5, 5.41) is 1.07. The number of benzene rings is 2. The minimum atomic E-state index is -0.145. The molecule has 6 rings (SSSR count). The molecule has 2 unspecified atom stereocenters. The topological polar surface area (TPSA) is 28.3 Å². The molecule has 0 spiro atoms. The van der Waals surface area contributed by atoms with Crippen LogP contribution in [0, 0.1) is 17.7 Å². The van der Waals surface area contributed by atoms with Gasteiger partial charge in [0, 0.05) is 35.1 Å². The van der Waals surface area contributed by atoms with Crippen molar-refractivity contribution in [2.24, 2.45) is 11.8 Å². The highest BCUT2D eigenvalue weighted by Crippen LogP contribution is 2.50. The second-order valence-electron chi connectivity index (χ2n) is 9.69. The van der Waals surface area contributed by atoms with Gasteiger partial charge in [-0.3, -0.25) is 0 Å². The SMILES string of the molecule is COc1cccc(C23CCN(CC4CC4)CC2Cc2c([nH]c4ccc(F)cc24)C3)c1. The highest BCUT2D eigenvalue weighted by Gasteiger charge is 2.48. The number of methoxy groups -OCH3 is 1. The number of H-pyrrole nitrogens is 1. The molecule has 2 fully saturated rings. The number of rotatable bonds is 4. The normalized spacial score (nSPS) is 26.4. The van der Waals surface area contributed by atoms with Gasteiger partial charge in [0.15, 0.2) is 0 Å². The molecule has 3 aliphatic rings. The summed E-state index contributed by atoms with van der Waals surface area (Å²) in [7, 11) is 1.75. The predicted octanol–water partition coefficient (Wildman–Crippen LogP) is 5.08. The first kappa shape index (κ1) is 18.4. The van der Waals surface area contributed by atoms with Gasteiger partial charge in [-0.1, -0.05) is 12.1 Å². The second kappa shape index (κ2) is 6.84. The van der Waals surface area contributed by atoms with Crippen LogP contribution in [0.5, 0.6) is 5.75 Å². The van der Waals surface area contributed by atoms with E-state index in [4.69, 9.17) is 4.74 Å². The maximum Gasteiger partial charge on any atom is 0.123 e. The van der Waals surface area contributed by atoms with Gasteiger partial charge in [-0.25, -0.2) is 4.39 Å². The smallest absolute Gasteiger partial charge is 0.123 e. The lowest BCUT2D eigenvalue weighted by Crippen LogP contribution is -2.54. The average Bonchev–Trinajstić information content (AvgIpc) is 3.52. The summed E-state index contributed by atoms with van der Waals surface area (Å²) in [4.78, 5) is 6.34. The van der Waals surface area contributed by atoms with E-state index in [-0.39, 0.29) is 11.2 Å². The van der Waals surface area contributed by atoms with E-state index in [2.05, 4.69) is 28.1 Å². The molecular weight excluding hydrogens is 375 g/mol. The maximum atomic E-state index is 14.0. The Labute approximate surface area is 177 Å². The summed E-state index contributed by atoms with van der Waals surface area (Å²) in [5.41, 5.74) is 5.21. The Morgan fingerprint density at radius 2 is 2.10 bits per heavy atom. The molecule has 0 bridgehead atoms. The van der Waals surface area contributed by atoms with Crippen molar-refractivity contribution in [3.8, 4) is 5.75 Å². The van der Waals surface area contributed by atoms with Gasteiger partial charge in [0.1, 0.15) is 11.6 Å². The minimum absolute atomic E-state index is 0.112. The van der Waals surface area contributed by atoms with Crippen molar-refractivity contribution in [3.05, 3.63) is 65.1 Å². The van der Waals surface area contributed by atoms with E-state index in [1.54, 1.807) is 19.2 Å². The van der Waals surface area contributed by atoms with Crippen LogP contribution in [-0.4, -0.2) is 36.6 Å². The molecule has 0 amide bonds. The van der Waals surface area contributed by atoms with Crippen molar-refractivity contribution in [1.82, 2.24) is 9.88 Å². The van der Waals surface area contributed by atoms with E-state index in [1.807, 2.05) is 12.1 Å². The predicted molar refractivity (Wildman–Crippen MR) is 118 cm³/mol. The van der Waals surface area contributed by atoms with Crippen LogP contribution >= 0.6 is 0 Å². The quantitative estimate of drug-likeness (QED) is 0.657. The lowest BCUT2D eigenvalue weighted by atomic mass is 9.58. The molecule has 1 aliphatic heterocycles. The number of likely N-dealkylation sites (tertiary alicyclic amines) is 1. The summed E-state index contributed by atoms with van der Waals surface area (Å²) in [6.45, 7) is 3.55. The molecule has 2 aliphatic carbocycles. The van der Waals surface area contributed by atoms with Gasteiger partial charge >= 0.3 is 0 Å². The van der Waals surface area contributed by atoms with Gasteiger partial charge in [0.25, 0.3) is 0 Å². The first-order valence-corrected chi connectivity index (χ1v) is 11.3. The molecule has 2 aromatic carbocycles. The number of hydrogen-bond donors (Lipinski definition) is 1. The Morgan fingerprint density at radius 3 is 2.93 bits per heavy atom. The minimum Gasteiger partial charge on any atom is -0.497 e. The lowest BCUT2D eigenvalue weighted by molar-refractivity contribution is 0.0783. The van der Waals surface area contributed by atoms with Crippen LogP contribution in [0.3, 0.4) is 0 Å². The van der Waals surface area contributed by atoms with Crippen molar-refractivity contribution in [1.29, 1.82) is 0 Å². The summed E-state index contributed by atoms with van der Waals surface area (Å²) >= 11 is 0. The van der Waals surface area contributed by atoms with Gasteiger partial charge in [0.05, 0.1) is 7.11 Å². The van der Waals surface area contributed by atoms with Crippen molar-refractivity contribution in [3.63, 3.8) is 0 Å². The molecule has 30 heavy (non-hydrogen) atoms. The van der Waals surface area contributed by atoms with Crippen LogP contribution < -0.4 is 4.74 Å². The molecule has 1 aromatic heterocycles. The molecular formula is C26H29FN2O. The summed E-state index contributed by atoms with van der Waals surface area (Å²) < 4.78 is 19.6. The van der Waals surface area contributed by atoms with Crippen molar-refractivity contribution in [2.45, 2.75) is 37.5 Å². The van der Waals surface area contributed by atoms with Crippen LogP contribution in [0.25, 0.3) is 10.9 Å². The van der Waals surface area contributed by atoms with Crippen molar-refractivity contribution in [2.75, 3.05) is 26.7 Å². The largest absolute Gasteiger partial charge is 0.497 e. The number of ether oxygens (including phenoxy) is 1. The Morgan fingerprint density at radius 1 is 1.20 bits per heavy atom. The van der Waals surface area contributed by atoms with E-state index in [9.17, 15) is 4.39 Å². The van der Waals surface area contributed by atoms with E-state index < -0.39 is 0 Å². The third-order valence-electron chi connectivity index (χ3n) is 7.89. The van der Waals surface area contributed by atoms with E-state index in [0.717, 1.165) is 48.5 Å². The number of fused-ring (bicyclic) bond motifs is 4. The highest BCUT2D eigenvalue weighted by atomic mass is 19.1. The molecule has 1 N–H and O–H groups in total. The fraction of sp³-hybridized carbons (Fsp3) is 0.462. The summed E-state index contributed by atoms with van der Waals surface area (Å²) in [6, 6.07) is 13.9. The first-order valence-electron chi connectivity index (χ1n) is 11.3. The fourth-order valence-corrected chi connectivity index (χ4v) is 6.10. The van der Waals surface area contributed by atoms with Gasteiger partial charge in [0.2, 0.25) is 0 Å². The number of aromatic amines is 1. The van der Waals surface area contributed by atoms with Crippen LogP contribution in [-0.2, 0) is 18.3 Å². The van der Waals surface area contributed by atoms with Crippen LogP contribution in [0.15, 0.2) is 42.5 Å². The highest BCUT2D eigenvalue weighted by molar-refractivity contribution is 5.85. The summed E-state index contributed by atoms with van der Waals surface area (Å²) in [5.74, 6) is 2.24. The number of halogens is 1. The van der Waals surface area contributed by atoms with Crippen molar-refractivity contribution < 1.29 is 9.13 Å². The average molecular weight is 405 g/mol. The van der Waals surface area contributed by atoms with Crippen LogP contribution in [0.2, 0.25) is 0 Å². The Kier molecular flexibility index (Phi) is 4.21. The van der Waals surface area contributed by atoms with E-state index >= 15 is 0 Å².